The molecule has 1 amide bonds. The number of anilines is 1. The second-order valence-corrected chi connectivity index (χ2v) is 6.84. The first-order chi connectivity index (χ1) is 11.1. The summed E-state index contributed by atoms with van der Waals surface area (Å²) in [6.45, 7) is 4.42. The highest BCUT2D eigenvalue weighted by atomic mass is 35.5. The molecule has 0 spiro atoms. The van der Waals surface area contributed by atoms with E-state index in [1.54, 1.807) is 6.07 Å². The van der Waals surface area contributed by atoms with E-state index in [9.17, 15) is 9.90 Å². The van der Waals surface area contributed by atoms with Crippen LogP contribution in [-0.4, -0.2) is 54.8 Å². The molecule has 3 rings (SSSR count). The molecule has 2 aliphatic rings. The lowest BCUT2D eigenvalue weighted by Crippen LogP contribution is -2.50. The fourth-order valence-corrected chi connectivity index (χ4v) is 3.51. The number of ether oxygens (including phenoxy) is 1. The fraction of sp³-hybridized carbons (Fsp3) is 0.588. The van der Waals surface area contributed by atoms with Gasteiger partial charge in [-0.3, -0.25) is 4.79 Å². The first kappa shape index (κ1) is 16.4. The second kappa shape index (κ2) is 6.97. The van der Waals surface area contributed by atoms with Crippen LogP contribution in [-0.2, 0) is 4.79 Å². The van der Waals surface area contributed by atoms with Crippen molar-refractivity contribution in [3.05, 3.63) is 23.2 Å². The van der Waals surface area contributed by atoms with E-state index in [2.05, 4.69) is 6.92 Å². The van der Waals surface area contributed by atoms with Gasteiger partial charge in [-0.25, -0.2) is 0 Å². The molecule has 2 atom stereocenters. The Labute approximate surface area is 141 Å². The molecule has 0 radical (unpaired) electrons. The van der Waals surface area contributed by atoms with Crippen molar-refractivity contribution in [2.75, 3.05) is 37.7 Å². The number of amides is 1. The van der Waals surface area contributed by atoms with E-state index in [1.165, 1.54) is 0 Å². The zero-order valence-corrected chi connectivity index (χ0v) is 14.1. The maximum atomic E-state index is 12.8. The molecule has 0 aliphatic carbocycles. The Morgan fingerprint density at radius 1 is 1.43 bits per heavy atom. The largest absolute Gasteiger partial charge is 0.490 e. The van der Waals surface area contributed by atoms with Crippen molar-refractivity contribution in [2.45, 2.75) is 25.8 Å². The van der Waals surface area contributed by atoms with E-state index in [0.717, 1.165) is 24.3 Å². The standard InChI is InChI=1S/C17H23ClN2O3/c1-12-2-3-13(11-21)9-20(12)17(22)10-19-6-7-23-16-5-4-14(18)8-15(16)19/h4-5,8,12-13,21H,2-3,6-7,9-11H2,1H3. The zero-order chi connectivity index (χ0) is 16.4. The van der Waals surface area contributed by atoms with Gasteiger partial charge in [-0.15, -0.1) is 0 Å². The molecule has 2 unspecified atom stereocenters. The van der Waals surface area contributed by atoms with Gasteiger partial charge in [-0.05, 0) is 43.9 Å². The van der Waals surface area contributed by atoms with Crippen LogP contribution in [0.4, 0.5) is 5.69 Å². The van der Waals surface area contributed by atoms with Gasteiger partial charge in [-0.1, -0.05) is 11.6 Å². The molecule has 6 heteroatoms. The number of fused-ring (bicyclic) bond motifs is 1. The van der Waals surface area contributed by atoms with Crippen molar-refractivity contribution in [3.8, 4) is 5.75 Å². The van der Waals surface area contributed by atoms with Crippen molar-refractivity contribution in [2.24, 2.45) is 5.92 Å². The number of aliphatic hydroxyl groups is 1. The molecule has 0 aromatic heterocycles. The first-order valence-electron chi connectivity index (χ1n) is 8.16. The number of rotatable bonds is 3. The van der Waals surface area contributed by atoms with Crippen LogP contribution < -0.4 is 9.64 Å². The minimum Gasteiger partial charge on any atom is -0.490 e. The first-order valence-corrected chi connectivity index (χ1v) is 8.54. The molecule has 1 N–H and O–H groups in total. The summed E-state index contributed by atoms with van der Waals surface area (Å²) >= 11 is 6.08. The van der Waals surface area contributed by atoms with Gasteiger partial charge < -0.3 is 19.6 Å². The van der Waals surface area contributed by atoms with E-state index in [0.29, 0.717) is 31.3 Å². The van der Waals surface area contributed by atoms with E-state index in [1.807, 2.05) is 21.9 Å². The van der Waals surface area contributed by atoms with Crippen molar-refractivity contribution in [1.29, 1.82) is 0 Å². The normalized spacial score (nSPS) is 24.1. The van der Waals surface area contributed by atoms with Crippen LogP contribution in [0.3, 0.4) is 0 Å². The SMILES string of the molecule is CC1CCC(CO)CN1C(=O)CN1CCOc2ccc(Cl)cc21. The Hall–Kier alpha value is -1.46. The van der Waals surface area contributed by atoms with E-state index >= 15 is 0 Å². The lowest BCUT2D eigenvalue weighted by atomic mass is 9.94. The van der Waals surface area contributed by atoms with Crippen LogP contribution in [0, 0.1) is 5.92 Å². The summed E-state index contributed by atoms with van der Waals surface area (Å²) in [7, 11) is 0. The van der Waals surface area contributed by atoms with Gasteiger partial charge in [0.25, 0.3) is 0 Å². The Balaban J connectivity index is 1.72. The molecule has 1 aromatic carbocycles. The van der Waals surface area contributed by atoms with Gasteiger partial charge in [0.2, 0.25) is 5.91 Å². The van der Waals surface area contributed by atoms with Crippen LogP contribution in [0.25, 0.3) is 0 Å². The van der Waals surface area contributed by atoms with Crippen LogP contribution in [0.2, 0.25) is 5.02 Å². The van der Waals surface area contributed by atoms with Gasteiger partial charge in [0.15, 0.2) is 0 Å². The molecule has 2 aliphatic heterocycles. The lowest BCUT2D eigenvalue weighted by molar-refractivity contribution is -0.134. The highest BCUT2D eigenvalue weighted by molar-refractivity contribution is 6.31. The maximum absolute atomic E-state index is 12.8. The Morgan fingerprint density at radius 3 is 3.04 bits per heavy atom. The number of nitrogens with zero attached hydrogens (tertiary/aromatic N) is 2. The number of carbonyl (C=O) groups is 1. The summed E-state index contributed by atoms with van der Waals surface area (Å²) in [5.74, 6) is 1.07. The van der Waals surface area contributed by atoms with Gasteiger partial charge in [0, 0.05) is 24.2 Å². The van der Waals surface area contributed by atoms with Crippen LogP contribution >= 0.6 is 11.6 Å². The van der Waals surface area contributed by atoms with Gasteiger partial charge in [0.05, 0.1) is 18.8 Å². The summed E-state index contributed by atoms with van der Waals surface area (Å²) in [6.07, 6.45) is 1.93. The number of halogens is 1. The summed E-state index contributed by atoms with van der Waals surface area (Å²) in [4.78, 5) is 16.7. The number of hydrogen-bond acceptors (Lipinski definition) is 4. The molecule has 1 saturated heterocycles. The fourth-order valence-electron chi connectivity index (χ4n) is 3.34. The average Bonchev–Trinajstić information content (AvgIpc) is 2.55. The second-order valence-electron chi connectivity index (χ2n) is 6.40. The molecular formula is C17H23ClN2O3. The Bertz CT molecular complexity index is 581. The highest BCUT2D eigenvalue weighted by Crippen LogP contribution is 2.34. The third-order valence-electron chi connectivity index (χ3n) is 4.76. The number of hydrogen-bond donors (Lipinski definition) is 1. The topological polar surface area (TPSA) is 53.0 Å². The molecule has 1 aromatic rings. The number of likely N-dealkylation sites (tertiary alicyclic amines) is 1. The van der Waals surface area contributed by atoms with Crippen molar-refractivity contribution in [3.63, 3.8) is 0 Å². The predicted octanol–water partition coefficient (Wildman–Crippen LogP) is 2.16. The minimum absolute atomic E-state index is 0.100. The molecule has 1 fully saturated rings. The van der Waals surface area contributed by atoms with Crippen molar-refractivity contribution in [1.82, 2.24) is 4.90 Å². The molecular weight excluding hydrogens is 316 g/mol. The number of carbonyl (C=O) groups excluding carboxylic acids is 1. The molecule has 126 valence electrons. The van der Waals surface area contributed by atoms with Crippen LogP contribution in [0.15, 0.2) is 18.2 Å². The third-order valence-corrected chi connectivity index (χ3v) is 5.00. The van der Waals surface area contributed by atoms with E-state index < -0.39 is 0 Å². The lowest BCUT2D eigenvalue weighted by Gasteiger charge is -2.39. The molecule has 0 bridgehead atoms. The Morgan fingerprint density at radius 2 is 2.26 bits per heavy atom. The molecule has 23 heavy (non-hydrogen) atoms. The Kier molecular flexibility index (Phi) is 4.97. The number of aliphatic hydroxyl groups excluding tert-OH is 1. The van der Waals surface area contributed by atoms with Crippen LogP contribution in [0.5, 0.6) is 5.75 Å². The van der Waals surface area contributed by atoms with Gasteiger partial charge in [0.1, 0.15) is 12.4 Å². The highest BCUT2D eigenvalue weighted by Gasteiger charge is 2.30. The van der Waals surface area contributed by atoms with E-state index in [-0.39, 0.29) is 24.5 Å². The van der Waals surface area contributed by atoms with Gasteiger partial charge >= 0.3 is 0 Å². The molecule has 0 saturated carbocycles. The monoisotopic (exact) mass is 338 g/mol. The molecule has 5 nitrogen and oxygen atoms in total. The van der Waals surface area contributed by atoms with Gasteiger partial charge in [-0.2, -0.15) is 0 Å². The zero-order valence-electron chi connectivity index (χ0n) is 13.4. The van der Waals surface area contributed by atoms with Crippen molar-refractivity contribution >= 4 is 23.2 Å². The predicted molar refractivity (Wildman–Crippen MR) is 90.1 cm³/mol. The van der Waals surface area contributed by atoms with E-state index in [4.69, 9.17) is 16.3 Å². The summed E-state index contributed by atoms with van der Waals surface area (Å²) in [6, 6.07) is 5.72. The third kappa shape index (κ3) is 3.56. The van der Waals surface area contributed by atoms with Crippen LogP contribution in [0.1, 0.15) is 19.8 Å². The summed E-state index contributed by atoms with van der Waals surface area (Å²) < 4.78 is 5.63. The molecule has 2 heterocycles. The number of piperidine rings is 1. The minimum atomic E-state index is 0.100. The number of benzene rings is 1. The quantitative estimate of drug-likeness (QED) is 0.917. The van der Waals surface area contributed by atoms with Crippen molar-refractivity contribution < 1.29 is 14.6 Å². The maximum Gasteiger partial charge on any atom is 0.242 e. The summed E-state index contributed by atoms with van der Waals surface area (Å²) in [5, 5.41) is 10.0. The smallest absolute Gasteiger partial charge is 0.242 e. The summed E-state index contributed by atoms with van der Waals surface area (Å²) in [5.41, 5.74) is 0.875. The average molecular weight is 339 g/mol.